The molecule has 0 bridgehead atoms. The Hall–Kier alpha value is -1.13. The summed E-state index contributed by atoms with van der Waals surface area (Å²) in [6, 6.07) is 9.60. The lowest BCUT2D eigenvalue weighted by atomic mass is 9.95. The first kappa shape index (κ1) is 17.9. The van der Waals surface area contributed by atoms with Crippen molar-refractivity contribution in [1.29, 1.82) is 0 Å². The van der Waals surface area contributed by atoms with E-state index in [-0.39, 0.29) is 22.1 Å². The van der Waals surface area contributed by atoms with Crippen LogP contribution >= 0.6 is 22.2 Å². The van der Waals surface area contributed by atoms with Crippen molar-refractivity contribution in [3.63, 3.8) is 0 Å². The van der Waals surface area contributed by atoms with Crippen LogP contribution < -0.4 is 0 Å². The van der Waals surface area contributed by atoms with Crippen molar-refractivity contribution < 1.29 is 9.59 Å². The van der Waals surface area contributed by atoms with Crippen LogP contribution in [-0.2, 0) is 9.59 Å². The van der Waals surface area contributed by atoms with Crippen molar-refractivity contribution in [2.45, 2.75) is 29.9 Å². The van der Waals surface area contributed by atoms with Gasteiger partial charge in [0.15, 0.2) is 11.6 Å². The zero-order valence-corrected chi connectivity index (χ0v) is 14.6. The monoisotopic (exact) mass is 322 g/mol. The van der Waals surface area contributed by atoms with Crippen LogP contribution in [0.2, 0.25) is 0 Å². The zero-order chi connectivity index (χ0) is 15.9. The number of rotatable bonds is 7. The van der Waals surface area contributed by atoms with Gasteiger partial charge in [-0.15, -0.1) is 11.8 Å². The summed E-state index contributed by atoms with van der Waals surface area (Å²) < 4.78 is -1.02. The van der Waals surface area contributed by atoms with Gasteiger partial charge < -0.3 is 0 Å². The molecule has 0 aliphatic rings. The second-order valence-corrected chi connectivity index (χ2v) is 8.41. The molecule has 21 heavy (non-hydrogen) atoms. The lowest BCUT2D eigenvalue weighted by Gasteiger charge is -2.26. The van der Waals surface area contributed by atoms with Gasteiger partial charge in [0.2, 0.25) is 0 Å². The molecular formula is C17H22O2S2. The molecule has 0 heterocycles. The van der Waals surface area contributed by atoms with E-state index in [1.165, 1.54) is 25.6 Å². The Bertz CT molecular complexity index is 541. The van der Waals surface area contributed by atoms with Crippen molar-refractivity contribution in [1.82, 2.24) is 0 Å². The first-order valence-electron chi connectivity index (χ1n) is 6.71. The third-order valence-electron chi connectivity index (χ3n) is 3.06. The number of Topliss-reactive ketones (excluding diaryl/α,β-unsaturated/α-hetero) is 2. The van der Waals surface area contributed by atoms with Crippen LogP contribution in [0, 0.1) is 0 Å². The average Bonchev–Trinajstić information content (AvgIpc) is 2.42. The topological polar surface area (TPSA) is 34.1 Å². The predicted molar refractivity (Wildman–Crippen MR) is 95.7 cm³/mol. The van der Waals surface area contributed by atoms with Gasteiger partial charge in [-0.05, 0) is 50.3 Å². The molecule has 0 amide bonds. The largest absolute Gasteiger partial charge is 0.298 e. The number of thioether (sulfide) groups is 1. The summed E-state index contributed by atoms with van der Waals surface area (Å²) in [5.74, 6) is -0.194. The molecule has 0 N–H and O–H groups in total. The van der Waals surface area contributed by atoms with Gasteiger partial charge in [0.05, 0.1) is 0 Å². The van der Waals surface area contributed by atoms with Crippen molar-refractivity contribution >= 4 is 39.2 Å². The van der Waals surface area contributed by atoms with Gasteiger partial charge in [-0.25, -0.2) is 0 Å². The van der Waals surface area contributed by atoms with E-state index in [1.807, 2.05) is 42.5 Å². The smallest absolute Gasteiger partial charge is 0.153 e. The van der Waals surface area contributed by atoms with E-state index in [2.05, 4.69) is 17.9 Å². The Morgan fingerprint density at radius 3 is 2.19 bits per heavy atom. The van der Waals surface area contributed by atoms with Gasteiger partial charge >= 0.3 is 0 Å². The van der Waals surface area contributed by atoms with Gasteiger partial charge in [-0.1, -0.05) is 30.4 Å². The quantitative estimate of drug-likeness (QED) is 0.330. The highest BCUT2D eigenvalue weighted by Gasteiger charge is 2.40. The van der Waals surface area contributed by atoms with Crippen LogP contribution in [0.3, 0.4) is 0 Å². The predicted octanol–water partition coefficient (Wildman–Crippen LogP) is 3.97. The van der Waals surface area contributed by atoms with E-state index in [0.717, 1.165) is 4.90 Å². The van der Waals surface area contributed by atoms with E-state index < -0.39 is 4.75 Å². The van der Waals surface area contributed by atoms with Crippen LogP contribution in [-0.4, -0.2) is 34.2 Å². The van der Waals surface area contributed by atoms with E-state index in [1.54, 1.807) is 0 Å². The maximum absolute atomic E-state index is 12.2. The molecule has 0 spiro atoms. The molecule has 0 saturated heterocycles. The second kappa shape index (κ2) is 8.35. The van der Waals surface area contributed by atoms with E-state index in [9.17, 15) is 9.59 Å². The van der Waals surface area contributed by atoms with Crippen LogP contribution in [0.25, 0.3) is 0 Å². The average molecular weight is 322 g/mol. The van der Waals surface area contributed by atoms with Crippen molar-refractivity contribution in [2.75, 3.05) is 12.5 Å². The van der Waals surface area contributed by atoms with Gasteiger partial charge in [0.25, 0.3) is 0 Å². The van der Waals surface area contributed by atoms with E-state index in [4.69, 9.17) is 0 Å². The maximum Gasteiger partial charge on any atom is 0.153 e. The summed E-state index contributed by atoms with van der Waals surface area (Å²) in [5.41, 5.74) is 0. The van der Waals surface area contributed by atoms with Gasteiger partial charge in [0, 0.05) is 4.90 Å². The number of hydrogen-bond acceptors (Lipinski definition) is 3. The molecule has 0 saturated carbocycles. The normalized spacial score (nSPS) is 11.9. The molecule has 1 aromatic carbocycles. The Morgan fingerprint density at radius 2 is 1.71 bits per heavy atom. The first-order chi connectivity index (χ1) is 9.88. The summed E-state index contributed by atoms with van der Waals surface area (Å²) >= 11 is 1.35. The van der Waals surface area contributed by atoms with Crippen molar-refractivity contribution in [3.8, 4) is 0 Å². The Morgan fingerprint density at radius 1 is 1.14 bits per heavy atom. The number of ketones is 2. The second-order valence-electron chi connectivity index (χ2n) is 5.00. The first-order valence-corrected chi connectivity index (χ1v) is 9.63. The number of benzene rings is 1. The molecule has 4 heteroatoms. The third kappa shape index (κ3) is 5.29. The molecule has 114 valence electrons. The van der Waals surface area contributed by atoms with Gasteiger partial charge in [-0.2, -0.15) is 10.5 Å². The third-order valence-corrected chi connectivity index (χ3v) is 5.36. The fraction of sp³-hybridized carbons (Fsp3) is 0.353. The van der Waals surface area contributed by atoms with Crippen molar-refractivity contribution in [3.05, 3.63) is 42.5 Å². The number of allylic oxidation sites excluding steroid dienone is 2. The highest BCUT2D eigenvalue weighted by molar-refractivity contribution is 8.14. The molecule has 0 aromatic heterocycles. The van der Waals surface area contributed by atoms with Gasteiger partial charge in [-0.3, -0.25) is 9.59 Å². The fourth-order valence-electron chi connectivity index (χ4n) is 1.86. The number of hydrogen-bond donors (Lipinski definition) is 0. The minimum Gasteiger partial charge on any atom is -0.298 e. The summed E-state index contributed by atoms with van der Waals surface area (Å²) in [5, 5.41) is 2.08. The summed E-state index contributed by atoms with van der Waals surface area (Å²) in [4.78, 5) is 25.2. The molecular weight excluding hydrogens is 300 g/mol. The molecule has 1 aromatic rings. The van der Waals surface area contributed by atoms with E-state index in [0.29, 0.717) is 6.42 Å². The standard InChI is InChI=1S/C17H22O2S2/c1-14(18)17(15(2)19,12-8-9-13-21(3)4)20-16-10-6-5-7-11-16/h5-11,13H,12H2,1-4H3/b9-8+. The van der Waals surface area contributed by atoms with E-state index >= 15 is 0 Å². The molecule has 0 atom stereocenters. The molecule has 0 fully saturated rings. The number of carbonyl (C=O) groups excluding carboxylic acids is 2. The highest BCUT2D eigenvalue weighted by Crippen LogP contribution is 2.37. The Balaban J connectivity index is 3.05. The van der Waals surface area contributed by atoms with Crippen molar-refractivity contribution in [2.24, 2.45) is 0 Å². The highest BCUT2D eigenvalue weighted by atomic mass is 32.2. The molecule has 0 unspecified atom stereocenters. The molecule has 2 nitrogen and oxygen atoms in total. The lowest BCUT2D eigenvalue weighted by molar-refractivity contribution is -0.128. The summed E-state index contributed by atoms with van der Waals surface area (Å²) in [6.45, 7) is 3.00. The molecule has 0 aliphatic heterocycles. The van der Waals surface area contributed by atoms with Crippen LogP contribution in [0.1, 0.15) is 20.3 Å². The Labute approximate surface area is 133 Å². The molecule has 0 radical (unpaired) electrons. The molecule has 1 rings (SSSR count). The van der Waals surface area contributed by atoms with Crippen LogP contribution in [0.15, 0.2) is 47.4 Å². The SMILES string of the molecule is CC(=O)C(C/C=C/C=S(C)C)(Sc1ccccc1)C(C)=O. The lowest BCUT2D eigenvalue weighted by Crippen LogP contribution is -2.40. The maximum atomic E-state index is 12.2. The summed E-state index contributed by atoms with van der Waals surface area (Å²) in [7, 11) is 0.208. The van der Waals surface area contributed by atoms with Crippen LogP contribution in [0.5, 0.6) is 0 Å². The molecule has 0 aliphatic carbocycles. The fourth-order valence-corrected chi connectivity index (χ4v) is 3.45. The Kier molecular flexibility index (Phi) is 7.12. The number of carbonyl (C=O) groups is 2. The minimum atomic E-state index is -1.02. The minimum absolute atomic E-state index is 0.0968. The van der Waals surface area contributed by atoms with Gasteiger partial charge in [0.1, 0.15) is 4.75 Å². The zero-order valence-electron chi connectivity index (χ0n) is 13.0. The van der Waals surface area contributed by atoms with Crippen LogP contribution in [0.4, 0.5) is 0 Å². The summed E-state index contributed by atoms with van der Waals surface area (Å²) in [6.07, 6.45) is 8.53.